The largest absolute Gasteiger partial charge is 0.508 e. The van der Waals surface area contributed by atoms with Crippen molar-refractivity contribution in [1.82, 2.24) is 15.0 Å². The smallest absolute Gasteiger partial charge is 0.117 e. The molecule has 0 amide bonds. The van der Waals surface area contributed by atoms with Gasteiger partial charge in [0.15, 0.2) is 0 Å². The summed E-state index contributed by atoms with van der Waals surface area (Å²) in [6.45, 7) is 1.96. The van der Waals surface area contributed by atoms with Crippen molar-refractivity contribution in [1.29, 1.82) is 0 Å². The Morgan fingerprint density at radius 1 is 1.00 bits per heavy atom. The van der Waals surface area contributed by atoms with Crippen molar-refractivity contribution in [2.24, 2.45) is 0 Å². The molecule has 4 heteroatoms. The lowest BCUT2D eigenvalue weighted by Crippen LogP contribution is -2.00. The number of nitrogens with zero attached hydrogens (tertiary/aromatic N) is 3. The van der Waals surface area contributed by atoms with E-state index in [-0.39, 0.29) is 5.75 Å². The maximum atomic E-state index is 9.50. The molecule has 0 saturated carbocycles. The Kier molecular flexibility index (Phi) is 2.08. The minimum atomic E-state index is 0.215. The van der Waals surface area contributed by atoms with Crippen molar-refractivity contribution >= 4 is 11.0 Å². The zero-order chi connectivity index (χ0) is 11.8. The monoisotopic (exact) mass is 225 g/mol. The van der Waals surface area contributed by atoms with Gasteiger partial charge in [0.1, 0.15) is 16.8 Å². The third-order valence-electron chi connectivity index (χ3n) is 2.69. The van der Waals surface area contributed by atoms with Crippen molar-refractivity contribution < 1.29 is 5.11 Å². The molecule has 0 aliphatic rings. The van der Waals surface area contributed by atoms with Gasteiger partial charge in [-0.25, -0.2) is 0 Å². The first-order chi connectivity index (χ1) is 8.24. The summed E-state index contributed by atoms with van der Waals surface area (Å²) in [4.78, 5) is 1.56. The summed E-state index contributed by atoms with van der Waals surface area (Å²) in [6.07, 6.45) is 0. The third-order valence-corrected chi connectivity index (χ3v) is 2.69. The second kappa shape index (κ2) is 3.59. The van der Waals surface area contributed by atoms with Gasteiger partial charge >= 0.3 is 0 Å². The maximum absolute atomic E-state index is 9.50. The average Bonchev–Trinajstić information content (AvgIpc) is 2.75. The van der Waals surface area contributed by atoms with E-state index in [1.54, 1.807) is 16.9 Å². The molecule has 4 nitrogen and oxygen atoms in total. The number of hydrogen-bond acceptors (Lipinski definition) is 3. The van der Waals surface area contributed by atoms with Crippen LogP contribution in [0.15, 0.2) is 42.5 Å². The van der Waals surface area contributed by atoms with Crippen molar-refractivity contribution in [2.75, 3.05) is 0 Å². The molecular formula is C13H11N3O. The van der Waals surface area contributed by atoms with Crippen LogP contribution in [0.2, 0.25) is 0 Å². The minimum absolute atomic E-state index is 0.215. The fourth-order valence-corrected chi connectivity index (χ4v) is 1.78. The Morgan fingerprint density at radius 2 is 1.65 bits per heavy atom. The van der Waals surface area contributed by atoms with Crippen LogP contribution in [-0.4, -0.2) is 20.1 Å². The van der Waals surface area contributed by atoms with Crippen LogP contribution in [0.1, 0.15) is 5.56 Å². The van der Waals surface area contributed by atoms with E-state index in [0.717, 1.165) is 22.3 Å². The van der Waals surface area contributed by atoms with Crippen LogP contribution in [0.25, 0.3) is 16.7 Å². The zero-order valence-electron chi connectivity index (χ0n) is 9.33. The highest BCUT2D eigenvalue weighted by Crippen LogP contribution is 2.20. The second-order valence-electron chi connectivity index (χ2n) is 3.95. The van der Waals surface area contributed by atoms with Crippen molar-refractivity contribution in [3.63, 3.8) is 0 Å². The second-order valence-corrected chi connectivity index (χ2v) is 3.95. The van der Waals surface area contributed by atoms with E-state index in [9.17, 15) is 5.11 Å². The molecule has 0 atom stereocenters. The van der Waals surface area contributed by atoms with Crippen LogP contribution in [0, 0.1) is 6.92 Å². The molecule has 0 bridgehead atoms. The molecule has 2 aromatic carbocycles. The fraction of sp³-hybridized carbons (Fsp3) is 0.0769. The van der Waals surface area contributed by atoms with Crippen LogP contribution in [0.4, 0.5) is 0 Å². The summed E-state index contributed by atoms with van der Waals surface area (Å²) in [6, 6.07) is 12.8. The van der Waals surface area contributed by atoms with Crippen LogP contribution in [-0.2, 0) is 0 Å². The molecule has 0 unspecified atom stereocenters. The van der Waals surface area contributed by atoms with E-state index < -0.39 is 0 Å². The SMILES string of the molecule is Cc1ccc(O)cc1-n1nc2ccccc2n1. The molecule has 3 rings (SSSR count). The van der Waals surface area contributed by atoms with Gasteiger partial charge in [0, 0.05) is 6.07 Å². The predicted molar refractivity (Wildman–Crippen MR) is 65.3 cm³/mol. The van der Waals surface area contributed by atoms with Crippen molar-refractivity contribution in [3.8, 4) is 11.4 Å². The first-order valence-corrected chi connectivity index (χ1v) is 5.36. The molecular weight excluding hydrogens is 214 g/mol. The first-order valence-electron chi connectivity index (χ1n) is 5.36. The number of aromatic hydroxyl groups is 1. The number of benzene rings is 2. The number of phenolic OH excluding ortho intramolecular Hbond substituents is 1. The van der Waals surface area contributed by atoms with E-state index in [1.165, 1.54) is 0 Å². The molecule has 1 N–H and O–H groups in total. The Hall–Kier alpha value is -2.36. The van der Waals surface area contributed by atoms with Crippen LogP contribution in [0.3, 0.4) is 0 Å². The topological polar surface area (TPSA) is 50.9 Å². The number of hydrogen-bond donors (Lipinski definition) is 1. The highest BCUT2D eigenvalue weighted by molar-refractivity contribution is 5.73. The number of aromatic nitrogens is 3. The molecule has 0 spiro atoms. The standard InChI is InChI=1S/C13H11N3O/c1-9-6-7-10(17)8-13(9)16-14-11-4-2-3-5-12(11)15-16/h2-8,17H,1H3. The Balaban J connectivity index is 2.23. The Morgan fingerprint density at radius 3 is 2.29 bits per heavy atom. The quantitative estimate of drug-likeness (QED) is 0.692. The van der Waals surface area contributed by atoms with Gasteiger partial charge in [-0.15, -0.1) is 10.2 Å². The van der Waals surface area contributed by atoms with E-state index in [4.69, 9.17) is 0 Å². The van der Waals surface area contributed by atoms with Gasteiger partial charge in [0.05, 0.1) is 5.69 Å². The Labute approximate surface area is 98.1 Å². The molecule has 1 heterocycles. The van der Waals surface area contributed by atoms with Gasteiger partial charge in [-0.05, 0) is 30.7 Å². The van der Waals surface area contributed by atoms with E-state index >= 15 is 0 Å². The lowest BCUT2D eigenvalue weighted by molar-refractivity contribution is 0.474. The number of fused-ring (bicyclic) bond motifs is 1. The van der Waals surface area contributed by atoms with Crippen molar-refractivity contribution in [3.05, 3.63) is 48.0 Å². The summed E-state index contributed by atoms with van der Waals surface area (Å²) in [5.41, 5.74) is 3.50. The predicted octanol–water partition coefficient (Wildman–Crippen LogP) is 2.43. The van der Waals surface area contributed by atoms with Gasteiger partial charge < -0.3 is 5.11 Å². The molecule has 3 aromatic rings. The highest BCUT2D eigenvalue weighted by atomic mass is 16.3. The third kappa shape index (κ3) is 1.63. The van der Waals surface area contributed by atoms with E-state index in [2.05, 4.69) is 10.2 Å². The molecule has 0 radical (unpaired) electrons. The summed E-state index contributed by atoms with van der Waals surface area (Å²) in [5, 5.41) is 18.3. The van der Waals surface area contributed by atoms with Gasteiger partial charge in [0.2, 0.25) is 0 Å². The Bertz CT molecular complexity index is 655. The molecule has 17 heavy (non-hydrogen) atoms. The summed E-state index contributed by atoms with van der Waals surface area (Å²) in [7, 11) is 0. The molecule has 0 aliphatic carbocycles. The first kappa shape index (κ1) is 9.84. The van der Waals surface area contributed by atoms with E-state index in [1.807, 2.05) is 37.3 Å². The number of phenols is 1. The minimum Gasteiger partial charge on any atom is -0.508 e. The number of rotatable bonds is 1. The maximum Gasteiger partial charge on any atom is 0.117 e. The molecule has 1 aromatic heterocycles. The average molecular weight is 225 g/mol. The van der Waals surface area contributed by atoms with Gasteiger partial charge in [-0.1, -0.05) is 18.2 Å². The molecule has 0 saturated heterocycles. The fourth-order valence-electron chi connectivity index (χ4n) is 1.78. The molecule has 84 valence electrons. The van der Waals surface area contributed by atoms with Gasteiger partial charge in [0.25, 0.3) is 0 Å². The zero-order valence-corrected chi connectivity index (χ0v) is 9.33. The summed E-state index contributed by atoms with van der Waals surface area (Å²) < 4.78 is 0. The van der Waals surface area contributed by atoms with Crippen LogP contribution >= 0.6 is 0 Å². The summed E-state index contributed by atoms with van der Waals surface area (Å²) >= 11 is 0. The highest BCUT2D eigenvalue weighted by Gasteiger charge is 2.07. The van der Waals surface area contributed by atoms with Crippen LogP contribution < -0.4 is 0 Å². The van der Waals surface area contributed by atoms with Crippen molar-refractivity contribution in [2.45, 2.75) is 6.92 Å². The lowest BCUT2D eigenvalue weighted by Gasteiger charge is -2.03. The van der Waals surface area contributed by atoms with Gasteiger partial charge in [-0.2, -0.15) is 4.80 Å². The lowest BCUT2D eigenvalue weighted by atomic mass is 10.2. The molecule has 0 fully saturated rings. The number of aryl methyl sites for hydroxylation is 1. The van der Waals surface area contributed by atoms with E-state index in [0.29, 0.717) is 0 Å². The normalized spacial score (nSPS) is 10.9. The van der Waals surface area contributed by atoms with Crippen LogP contribution in [0.5, 0.6) is 5.75 Å². The summed E-state index contributed by atoms with van der Waals surface area (Å²) in [5.74, 6) is 0.215. The van der Waals surface area contributed by atoms with Gasteiger partial charge in [-0.3, -0.25) is 0 Å². The molecule has 0 aliphatic heterocycles.